The first-order chi connectivity index (χ1) is 9.24. The summed E-state index contributed by atoms with van der Waals surface area (Å²) >= 11 is 0. The summed E-state index contributed by atoms with van der Waals surface area (Å²) in [6.45, 7) is 2.14. The van der Waals surface area contributed by atoms with Gasteiger partial charge in [0.1, 0.15) is 13.2 Å². The van der Waals surface area contributed by atoms with Crippen LogP contribution in [-0.4, -0.2) is 37.7 Å². The highest BCUT2D eigenvalue weighted by Gasteiger charge is 2.24. The quantitative estimate of drug-likeness (QED) is 0.901. The van der Waals surface area contributed by atoms with Gasteiger partial charge in [0.25, 0.3) is 0 Å². The number of benzene rings is 1. The Bertz CT molecular complexity index is 446. The highest BCUT2D eigenvalue weighted by molar-refractivity contribution is 5.44. The molecule has 1 fully saturated rings. The molecule has 19 heavy (non-hydrogen) atoms. The second kappa shape index (κ2) is 5.39. The molecule has 0 saturated heterocycles. The van der Waals surface area contributed by atoms with Crippen molar-refractivity contribution < 1.29 is 9.47 Å². The number of likely N-dealkylation sites (N-methyl/N-ethyl adjacent to an activating group) is 1. The maximum absolute atomic E-state index is 6.31. The van der Waals surface area contributed by atoms with Crippen molar-refractivity contribution in [2.75, 3.05) is 26.8 Å². The van der Waals surface area contributed by atoms with Crippen molar-refractivity contribution in [2.24, 2.45) is 5.73 Å². The number of hydrogen-bond donors (Lipinski definition) is 1. The van der Waals surface area contributed by atoms with Crippen LogP contribution in [0, 0.1) is 0 Å². The maximum atomic E-state index is 6.31. The first-order valence-corrected chi connectivity index (χ1v) is 7.09. The summed E-state index contributed by atoms with van der Waals surface area (Å²) in [5, 5.41) is 0. The van der Waals surface area contributed by atoms with E-state index in [1.54, 1.807) is 0 Å². The van der Waals surface area contributed by atoms with Crippen LogP contribution in [0.5, 0.6) is 11.5 Å². The predicted octanol–water partition coefficient (Wildman–Crippen LogP) is 1.94. The second-order valence-electron chi connectivity index (χ2n) is 5.53. The molecule has 1 heterocycles. The van der Waals surface area contributed by atoms with Crippen LogP contribution < -0.4 is 15.2 Å². The van der Waals surface area contributed by atoms with Gasteiger partial charge in [-0.3, -0.25) is 0 Å². The summed E-state index contributed by atoms with van der Waals surface area (Å²) in [5.41, 5.74) is 7.43. The molecular formula is C15H22N2O2. The Hall–Kier alpha value is -1.26. The van der Waals surface area contributed by atoms with Crippen LogP contribution in [0.3, 0.4) is 0 Å². The van der Waals surface area contributed by atoms with Crippen LogP contribution in [0.2, 0.25) is 0 Å². The van der Waals surface area contributed by atoms with E-state index in [0.29, 0.717) is 13.2 Å². The molecule has 1 aromatic carbocycles. The molecule has 104 valence electrons. The smallest absolute Gasteiger partial charge is 0.161 e. The molecule has 0 spiro atoms. The van der Waals surface area contributed by atoms with Crippen molar-refractivity contribution in [2.45, 2.75) is 31.3 Å². The summed E-state index contributed by atoms with van der Waals surface area (Å²) in [6.07, 6.45) is 3.98. The number of fused-ring (bicyclic) bond motifs is 1. The Morgan fingerprint density at radius 1 is 1.26 bits per heavy atom. The van der Waals surface area contributed by atoms with Crippen molar-refractivity contribution in [3.8, 4) is 11.5 Å². The fraction of sp³-hybridized carbons (Fsp3) is 0.600. The highest BCUT2D eigenvalue weighted by atomic mass is 16.6. The molecule has 1 aliphatic heterocycles. The van der Waals surface area contributed by atoms with Crippen LogP contribution in [0.4, 0.5) is 0 Å². The van der Waals surface area contributed by atoms with Gasteiger partial charge >= 0.3 is 0 Å². The van der Waals surface area contributed by atoms with E-state index in [-0.39, 0.29) is 6.04 Å². The molecule has 3 rings (SSSR count). The second-order valence-corrected chi connectivity index (χ2v) is 5.53. The monoisotopic (exact) mass is 262 g/mol. The van der Waals surface area contributed by atoms with Crippen molar-refractivity contribution >= 4 is 0 Å². The summed E-state index contributed by atoms with van der Waals surface area (Å²) < 4.78 is 11.1. The van der Waals surface area contributed by atoms with E-state index < -0.39 is 0 Å². The Labute approximate surface area is 114 Å². The number of nitrogens with zero attached hydrogens (tertiary/aromatic N) is 1. The molecule has 4 heteroatoms. The topological polar surface area (TPSA) is 47.7 Å². The molecular weight excluding hydrogens is 240 g/mol. The van der Waals surface area contributed by atoms with Crippen LogP contribution in [0.25, 0.3) is 0 Å². The lowest BCUT2D eigenvalue weighted by atomic mass is 9.91. The van der Waals surface area contributed by atoms with E-state index in [1.807, 2.05) is 18.2 Å². The van der Waals surface area contributed by atoms with E-state index in [9.17, 15) is 0 Å². The van der Waals surface area contributed by atoms with Crippen molar-refractivity contribution in [1.29, 1.82) is 0 Å². The molecule has 0 bridgehead atoms. The normalized spacial score (nSPS) is 20.2. The summed E-state index contributed by atoms with van der Waals surface area (Å²) in [7, 11) is 2.17. The van der Waals surface area contributed by atoms with Gasteiger partial charge < -0.3 is 20.1 Å². The SMILES string of the molecule is CN(CC(N)c1ccc2c(c1)OCCO2)C1CCC1. The molecule has 2 N–H and O–H groups in total. The average molecular weight is 262 g/mol. The Morgan fingerprint density at radius 3 is 2.68 bits per heavy atom. The third-order valence-electron chi connectivity index (χ3n) is 4.18. The zero-order chi connectivity index (χ0) is 13.2. The standard InChI is InChI=1S/C15H22N2O2/c1-17(12-3-2-4-12)10-13(16)11-5-6-14-15(9-11)19-8-7-18-14/h5-6,9,12-13H,2-4,7-8,10,16H2,1H3. The lowest BCUT2D eigenvalue weighted by Gasteiger charge is -2.36. The third-order valence-corrected chi connectivity index (χ3v) is 4.18. The molecule has 4 nitrogen and oxygen atoms in total. The van der Waals surface area contributed by atoms with Gasteiger partial charge in [0.05, 0.1) is 0 Å². The van der Waals surface area contributed by atoms with Crippen LogP contribution >= 0.6 is 0 Å². The summed E-state index contributed by atoms with van der Waals surface area (Å²) in [6, 6.07) is 6.79. The minimum Gasteiger partial charge on any atom is -0.486 e. The highest BCUT2D eigenvalue weighted by Crippen LogP contribution is 2.33. The fourth-order valence-electron chi connectivity index (χ4n) is 2.68. The molecule has 1 aliphatic carbocycles. The van der Waals surface area contributed by atoms with Gasteiger partial charge in [-0.05, 0) is 37.6 Å². The average Bonchev–Trinajstić information content (AvgIpc) is 2.36. The number of hydrogen-bond acceptors (Lipinski definition) is 4. The molecule has 1 saturated carbocycles. The first kappa shape index (κ1) is 12.8. The zero-order valence-corrected chi connectivity index (χ0v) is 11.5. The summed E-state index contributed by atoms with van der Waals surface area (Å²) in [5.74, 6) is 1.65. The van der Waals surface area contributed by atoms with Crippen molar-refractivity contribution in [3.05, 3.63) is 23.8 Å². The lowest BCUT2D eigenvalue weighted by molar-refractivity contribution is 0.151. The van der Waals surface area contributed by atoms with Gasteiger partial charge in [0.15, 0.2) is 11.5 Å². The Kier molecular flexibility index (Phi) is 3.62. The van der Waals surface area contributed by atoms with Crippen LogP contribution in [0.15, 0.2) is 18.2 Å². The van der Waals surface area contributed by atoms with Gasteiger partial charge in [-0.1, -0.05) is 12.5 Å². The van der Waals surface area contributed by atoms with Gasteiger partial charge in [-0.2, -0.15) is 0 Å². The van der Waals surface area contributed by atoms with E-state index in [0.717, 1.165) is 29.6 Å². The Morgan fingerprint density at radius 2 is 2.00 bits per heavy atom. The van der Waals surface area contributed by atoms with E-state index in [1.165, 1.54) is 19.3 Å². The maximum Gasteiger partial charge on any atom is 0.161 e. The zero-order valence-electron chi connectivity index (χ0n) is 11.5. The number of rotatable bonds is 4. The van der Waals surface area contributed by atoms with Crippen LogP contribution in [-0.2, 0) is 0 Å². The lowest BCUT2D eigenvalue weighted by Crippen LogP contribution is -2.41. The third kappa shape index (κ3) is 2.69. The van der Waals surface area contributed by atoms with Gasteiger partial charge in [0, 0.05) is 18.6 Å². The Balaban J connectivity index is 1.67. The van der Waals surface area contributed by atoms with Crippen LogP contribution in [0.1, 0.15) is 30.9 Å². The number of ether oxygens (including phenoxy) is 2. The molecule has 1 unspecified atom stereocenters. The predicted molar refractivity (Wildman–Crippen MR) is 74.6 cm³/mol. The summed E-state index contributed by atoms with van der Waals surface area (Å²) in [4.78, 5) is 2.38. The fourth-order valence-corrected chi connectivity index (χ4v) is 2.68. The van der Waals surface area contributed by atoms with Gasteiger partial charge in [0.2, 0.25) is 0 Å². The van der Waals surface area contributed by atoms with E-state index >= 15 is 0 Å². The molecule has 0 amide bonds. The van der Waals surface area contributed by atoms with Crippen molar-refractivity contribution in [3.63, 3.8) is 0 Å². The largest absolute Gasteiger partial charge is 0.486 e. The van der Waals surface area contributed by atoms with E-state index in [2.05, 4.69) is 11.9 Å². The van der Waals surface area contributed by atoms with Crippen molar-refractivity contribution in [1.82, 2.24) is 4.90 Å². The van der Waals surface area contributed by atoms with Gasteiger partial charge in [-0.25, -0.2) is 0 Å². The minimum atomic E-state index is 0.0291. The molecule has 1 aromatic rings. The first-order valence-electron chi connectivity index (χ1n) is 7.09. The molecule has 1 atom stereocenters. The van der Waals surface area contributed by atoms with E-state index in [4.69, 9.17) is 15.2 Å². The number of nitrogens with two attached hydrogens (primary N) is 1. The van der Waals surface area contributed by atoms with Gasteiger partial charge in [-0.15, -0.1) is 0 Å². The molecule has 2 aliphatic rings. The minimum absolute atomic E-state index is 0.0291. The molecule has 0 aromatic heterocycles. The molecule has 0 radical (unpaired) electrons.